The van der Waals surface area contributed by atoms with Crippen LogP contribution >= 0.6 is 23.1 Å². The molecular weight excluding hydrogens is 460 g/mol. The van der Waals surface area contributed by atoms with E-state index in [0.717, 1.165) is 33.2 Å². The Morgan fingerprint density at radius 2 is 1.76 bits per heavy atom. The summed E-state index contributed by atoms with van der Waals surface area (Å²) in [4.78, 5) is 24.9. The van der Waals surface area contributed by atoms with E-state index in [9.17, 15) is 19.8 Å². The first-order valence-corrected chi connectivity index (χ1v) is 11.5. The zero-order valence-corrected chi connectivity index (χ0v) is 18.6. The molecule has 0 spiro atoms. The van der Waals surface area contributed by atoms with E-state index in [0.29, 0.717) is 23.2 Å². The van der Waals surface area contributed by atoms with E-state index in [2.05, 4.69) is 13.8 Å². The van der Waals surface area contributed by atoms with Crippen molar-refractivity contribution in [1.29, 1.82) is 0 Å². The summed E-state index contributed by atoms with van der Waals surface area (Å²) in [5.74, 6) is -2.19. The van der Waals surface area contributed by atoms with Gasteiger partial charge in [0.2, 0.25) is 0 Å². The summed E-state index contributed by atoms with van der Waals surface area (Å²) in [6.07, 6.45) is 0.336. The van der Waals surface area contributed by atoms with E-state index in [1.54, 1.807) is 18.2 Å². The second-order valence-electron chi connectivity index (χ2n) is 7.34. The molecule has 0 saturated heterocycles. The number of nitrogens with zero attached hydrogens (tertiary/aromatic N) is 4. The van der Waals surface area contributed by atoms with Gasteiger partial charge in [0.25, 0.3) is 0 Å². The van der Waals surface area contributed by atoms with Crippen molar-refractivity contribution in [2.45, 2.75) is 13.0 Å². The third-order valence-electron chi connectivity index (χ3n) is 5.27. The Balaban J connectivity index is 1.65. The van der Waals surface area contributed by atoms with Crippen molar-refractivity contribution in [2.24, 2.45) is 0 Å². The van der Waals surface area contributed by atoms with E-state index in [1.165, 1.54) is 22.1 Å². The SMILES string of the molecule is O=C(O)c1ccccc1Cn1nc(-c2cccs2)c(Cc2ccc3nsnc3c2)c1C(=O)O. The van der Waals surface area contributed by atoms with E-state index < -0.39 is 11.9 Å². The molecule has 164 valence electrons. The van der Waals surface area contributed by atoms with E-state index in [-0.39, 0.29) is 17.8 Å². The second-order valence-corrected chi connectivity index (χ2v) is 8.82. The van der Waals surface area contributed by atoms with Gasteiger partial charge in [-0.1, -0.05) is 30.3 Å². The summed E-state index contributed by atoms with van der Waals surface area (Å²) in [5.41, 5.74) is 4.22. The van der Waals surface area contributed by atoms with Gasteiger partial charge in [-0.3, -0.25) is 4.68 Å². The van der Waals surface area contributed by atoms with Crippen molar-refractivity contribution in [3.63, 3.8) is 0 Å². The molecule has 33 heavy (non-hydrogen) atoms. The molecule has 0 saturated carbocycles. The highest BCUT2D eigenvalue weighted by Crippen LogP contribution is 2.32. The number of aromatic carboxylic acids is 2. The van der Waals surface area contributed by atoms with Crippen LogP contribution in [-0.4, -0.2) is 40.7 Å². The molecule has 0 unspecified atom stereocenters. The number of rotatable bonds is 7. The molecule has 0 bridgehead atoms. The van der Waals surface area contributed by atoms with Crippen LogP contribution in [0.4, 0.5) is 0 Å². The number of thiophene rings is 1. The van der Waals surface area contributed by atoms with Gasteiger partial charge in [0.05, 0.1) is 28.7 Å². The number of carboxylic acid groups (broad SMARTS) is 2. The van der Waals surface area contributed by atoms with Gasteiger partial charge in [-0.15, -0.1) is 11.3 Å². The number of benzene rings is 2. The van der Waals surface area contributed by atoms with Crippen LogP contribution in [0, 0.1) is 0 Å². The summed E-state index contributed by atoms with van der Waals surface area (Å²) >= 11 is 2.60. The van der Waals surface area contributed by atoms with Crippen molar-refractivity contribution in [3.8, 4) is 10.6 Å². The third-order valence-corrected chi connectivity index (χ3v) is 6.71. The first-order valence-electron chi connectivity index (χ1n) is 9.90. The molecular formula is C23H16N4O4S2. The number of hydrogen-bond donors (Lipinski definition) is 2. The average Bonchev–Trinajstić information content (AvgIpc) is 3.54. The molecule has 0 fully saturated rings. The Bertz CT molecular complexity index is 1490. The van der Waals surface area contributed by atoms with Crippen molar-refractivity contribution < 1.29 is 19.8 Å². The van der Waals surface area contributed by atoms with E-state index in [1.807, 2.05) is 35.7 Å². The van der Waals surface area contributed by atoms with Crippen LogP contribution in [0.15, 0.2) is 60.0 Å². The Kier molecular flexibility index (Phi) is 5.45. The predicted octanol–water partition coefficient (Wildman–Crippen LogP) is 4.65. The monoisotopic (exact) mass is 476 g/mol. The topological polar surface area (TPSA) is 118 Å². The van der Waals surface area contributed by atoms with Gasteiger partial charge in [-0.25, -0.2) is 9.59 Å². The lowest BCUT2D eigenvalue weighted by Gasteiger charge is -2.09. The number of fused-ring (bicyclic) bond motifs is 1. The molecule has 2 N–H and O–H groups in total. The van der Waals surface area contributed by atoms with Gasteiger partial charge < -0.3 is 10.2 Å². The van der Waals surface area contributed by atoms with Crippen LogP contribution in [0.5, 0.6) is 0 Å². The lowest BCUT2D eigenvalue weighted by Crippen LogP contribution is -2.15. The molecule has 0 radical (unpaired) electrons. The van der Waals surface area contributed by atoms with Crippen LogP contribution in [0.2, 0.25) is 0 Å². The van der Waals surface area contributed by atoms with Gasteiger partial charge in [0.15, 0.2) is 5.69 Å². The Labute approximate surface area is 195 Å². The minimum atomic E-state index is -1.12. The molecule has 3 aromatic heterocycles. The van der Waals surface area contributed by atoms with Crippen molar-refractivity contribution in [2.75, 3.05) is 0 Å². The quantitative estimate of drug-likeness (QED) is 0.351. The van der Waals surface area contributed by atoms with Gasteiger partial charge in [-0.05, 0) is 40.8 Å². The zero-order chi connectivity index (χ0) is 22.9. The molecule has 10 heteroatoms. The molecule has 8 nitrogen and oxygen atoms in total. The first-order chi connectivity index (χ1) is 16.0. The third kappa shape index (κ3) is 4.01. The van der Waals surface area contributed by atoms with Crippen molar-refractivity contribution in [3.05, 3.63) is 87.9 Å². The highest BCUT2D eigenvalue weighted by Gasteiger charge is 2.26. The fourth-order valence-electron chi connectivity index (χ4n) is 3.80. The second kappa shape index (κ2) is 8.57. The number of hydrogen-bond acceptors (Lipinski definition) is 7. The van der Waals surface area contributed by atoms with Crippen molar-refractivity contribution in [1.82, 2.24) is 18.5 Å². The first kappa shape index (κ1) is 21.0. The summed E-state index contributed by atoms with van der Waals surface area (Å²) in [5, 5.41) is 26.2. The summed E-state index contributed by atoms with van der Waals surface area (Å²) < 4.78 is 9.88. The average molecular weight is 477 g/mol. The minimum Gasteiger partial charge on any atom is -0.478 e. The van der Waals surface area contributed by atoms with Gasteiger partial charge in [0.1, 0.15) is 16.7 Å². The molecule has 5 aromatic rings. The molecule has 5 rings (SSSR count). The molecule has 0 aliphatic carbocycles. The molecule has 2 aromatic carbocycles. The molecule has 0 aliphatic rings. The lowest BCUT2D eigenvalue weighted by molar-refractivity contribution is 0.0679. The van der Waals surface area contributed by atoms with Crippen molar-refractivity contribution >= 4 is 46.0 Å². The largest absolute Gasteiger partial charge is 0.478 e. The van der Waals surface area contributed by atoms with E-state index >= 15 is 0 Å². The normalized spacial score (nSPS) is 11.2. The number of carbonyl (C=O) groups is 2. The summed E-state index contributed by atoms with van der Waals surface area (Å²) in [7, 11) is 0. The highest BCUT2D eigenvalue weighted by atomic mass is 32.1. The smallest absolute Gasteiger partial charge is 0.354 e. The maximum absolute atomic E-state index is 12.4. The number of aromatic nitrogens is 4. The van der Waals surface area contributed by atoms with Gasteiger partial charge >= 0.3 is 11.9 Å². The Hall–Kier alpha value is -3.89. The Morgan fingerprint density at radius 1 is 0.939 bits per heavy atom. The van der Waals surface area contributed by atoms with Crippen LogP contribution in [0.1, 0.15) is 37.5 Å². The molecule has 0 aliphatic heterocycles. The standard InChI is InChI=1S/C23H16N4O4S2/c28-22(29)15-5-2-1-4-14(15)12-27-21(23(30)31)16(20(24-27)19-6-3-9-32-19)10-13-7-8-17-18(11-13)26-33-25-17/h1-9,11H,10,12H2,(H,28,29)(H,30,31). The van der Waals surface area contributed by atoms with Crippen LogP contribution < -0.4 is 0 Å². The fourth-order valence-corrected chi connectivity index (χ4v) is 5.06. The van der Waals surface area contributed by atoms with Gasteiger partial charge in [0, 0.05) is 12.0 Å². The van der Waals surface area contributed by atoms with Crippen LogP contribution in [-0.2, 0) is 13.0 Å². The maximum atomic E-state index is 12.4. The van der Waals surface area contributed by atoms with Gasteiger partial charge in [-0.2, -0.15) is 13.8 Å². The lowest BCUT2D eigenvalue weighted by atomic mass is 10.0. The molecule has 3 heterocycles. The zero-order valence-electron chi connectivity index (χ0n) is 17.0. The van der Waals surface area contributed by atoms with Crippen LogP contribution in [0.3, 0.4) is 0 Å². The molecule has 0 atom stereocenters. The highest BCUT2D eigenvalue weighted by molar-refractivity contribution is 7.13. The fraction of sp³-hybridized carbons (Fsp3) is 0.0870. The maximum Gasteiger partial charge on any atom is 0.354 e. The predicted molar refractivity (Wildman–Crippen MR) is 125 cm³/mol. The van der Waals surface area contributed by atoms with E-state index in [4.69, 9.17) is 0 Å². The van der Waals surface area contributed by atoms with Crippen LogP contribution in [0.25, 0.3) is 21.6 Å². The minimum absolute atomic E-state index is 0.0253. The summed E-state index contributed by atoms with van der Waals surface area (Å²) in [6, 6.07) is 16.0. The Morgan fingerprint density at radius 3 is 2.52 bits per heavy atom. The molecule has 0 amide bonds. The number of carboxylic acids is 2. The summed E-state index contributed by atoms with van der Waals surface area (Å²) in [6.45, 7) is 0.0253.